The van der Waals surface area contributed by atoms with Gasteiger partial charge in [0.2, 0.25) is 17.0 Å². The van der Waals surface area contributed by atoms with Crippen LogP contribution in [0.25, 0.3) is 0 Å². The molecule has 4 N–H and O–H groups in total. The monoisotopic (exact) mass is 575 g/mol. The number of hydrogen-bond donors (Lipinski definition) is 3. The molecule has 2 aromatic heterocycles. The highest BCUT2D eigenvalue weighted by molar-refractivity contribution is 7.77. The molecule has 0 saturated heterocycles. The molecule has 1 aromatic carbocycles. The molecule has 3 aromatic rings. The second-order valence-electron chi connectivity index (χ2n) is 9.28. The van der Waals surface area contributed by atoms with Gasteiger partial charge < -0.3 is 15.4 Å². The fourth-order valence-electron chi connectivity index (χ4n) is 4.71. The predicted molar refractivity (Wildman–Crippen MR) is 151 cm³/mol. The van der Waals surface area contributed by atoms with Crippen LogP contribution in [0.15, 0.2) is 41.8 Å². The van der Waals surface area contributed by atoms with Crippen molar-refractivity contribution in [1.82, 2.24) is 9.97 Å². The van der Waals surface area contributed by atoms with Gasteiger partial charge in [0.1, 0.15) is 12.1 Å². The molecule has 1 fully saturated rings. The van der Waals surface area contributed by atoms with Crippen LogP contribution in [0, 0.1) is 12.8 Å². The lowest BCUT2D eigenvalue weighted by molar-refractivity contribution is 0.103. The number of thiophene rings is 1. The van der Waals surface area contributed by atoms with E-state index in [-0.39, 0.29) is 24.3 Å². The minimum absolute atomic E-state index is 0.0910. The van der Waals surface area contributed by atoms with E-state index >= 15 is 0 Å². The summed E-state index contributed by atoms with van der Waals surface area (Å²) in [6.07, 6.45) is 4.67. The highest BCUT2D eigenvalue weighted by Gasteiger charge is 2.34. The van der Waals surface area contributed by atoms with E-state index in [0.29, 0.717) is 47.1 Å². The van der Waals surface area contributed by atoms with Gasteiger partial charge >= 0.3 is 0 Å². The molecule has 4 rings (SSSR count). The highest BCUT2D eigenvalue weighted by Crippen LogP contribution is 2.32. The van der Waals surface area contributed by atoms with Crippen LogP contribution in [0.1, 0.15) is 49.6 Å². The van der Waals surface area contributed by atoms with E-state index < -0.39 is 17.4 Å². The molecule has 38 heavy (non-hydrogen) atoms. The van der Waals surface area contributed by atoms with Crippen molar-refractivity contribution in [1.29, 1.82) is 0 Å². The number of carbonyl (C=O) groups excluding carboxylic acids is 1. The van der Waals surface area contributed by atoms with Gasteiger partial charge in [0.15, 0.2) is 0 Å². The molecule has 1 aliphatic carbocycles. The maximum absolute atomic E-state index is 13.6. The van der Waals surface area contributed by atoms with E-state index in [2.05, 4.69) is 27.0 Å². The Labute approximate surface area is 233 Å². The summed E-state index contributed by atoms with van der Waals surface area (Å²) in [5, 5.41) is 19.5. The number of carbonyl (C=O) groups is 1. The van der Waals surface area contributed by atoms with Gasteiger partial charge in [0.05, 0.1) is 23.2 Å². The number of nitrogens with two attached hydrogens (primary N) is 1. The summed E-state index contributed by atoms with van der Waals surface area (Å²) in [6.45, 7) is 6.30. The third-order valence-electron chi connectivity index (χ3n) is 6.69. The molecule has 0 spiro atoms. The number of benzene rings is 1. The van der Waals surface area contributed by atoms with Crippen LogP contribution >= 0.6 is 22.9 Å². The summed E-state index contributed by atoms with van der Waals surface area (Å²) >= 11 is 5.83. The van der Waals surface area contributed by atoms with Crippen molar-refractivity contribution in [3.8, 4) is 0 Å². The van der Waals surface area contributed by atoms with E-state index in [1.54, 1.807) is 0 Å². The zero-order valence-corrected chi connectivity index (χ0v) is 23.3. The smallest absolute Gasteiger partial charge is 0.231 e. The molecule has 3 unspecified atom stereocenters. The number of aliphatic hydroxyl groups excluding tert-OH is 1. The van der Waals surface area contributed by atoms with Crippen LogP contribution in [-0.2, 0) is 28.3 Å². The standard InChI is InChI=1S/C26H30ClN5O4S2/c1-15-17(7-18-8-20(27)4-3-16(18)5-6-29-2)10-24(37-15)25(34)22-12-30-14-31-26(22)32-21-9-19(23(33)11-21)13-36-38(28)35/h3-4,8,10,12,14,19,21,23,33H,2,5-7,9,11,13,28H2,1H3,(H,30,31,32)/t19?,21?,23-,38?/m0/s1. The lowest BCUT2D eigenvalue weighted by Gasteiger charge is -2.15. The third-order valence-corrected chi connectivity index (χ3v) is 8.38. The Morgan fingerprint density at radius 2 is 2.16 bits per heavy atom. The highest BCUT2D eigenvalue weighted by atomic mass is 35.5. The fraction of sp³-hybridized carbons (Fsp3) is 0.385. The van der Waals surface area contributed by atoms with E-state index in [4.69, 9.17) is 20.9 Å². The largest absolute Gasteiger partial charge is 0.393 e. The lowest BCUT2D eigenvalue weighted by atomic mass is 9.97. The van der Waals surface area contributed by atoms with Crippen molar-refractivity contribution < 1.29 is 18.3 Å². The summed E-state index contributed by atoms with van der Waals surface area (Å²) in [5.74, 6) is 0.0153. The minimum atomic E-state index is -1.88. The van der Waals surface area contributed by atoms with Gasteiger partial charge in [-0.05, 0) is 74.2 Å². The Morgan fingerprint density at radius 3 is 2.92 bits per heavy atom. The third kappa shape index (κ3) is 7.10. The molecule has 0 amide bonds. The minimum Gasteiger partial charge on any atom is -0.393 e. The van der Waals surface area contributed by atoms with Crippen LogP contribution in [0.5, 0.6) is 0 Å². The Morgan fingerprint density at radius 1 is 1.34 bits per heavy atom. The number of nitrogens with zero attached hydrogens (tertiary/aromatic N) is 3. The first-order chi connectivity index (χ1) is 18.2. The van der Waals surface area contributed by atoms with Crippen LogP contribution < -0.4 is 10.5 Å². The topological polar surface area (TPSA) is 140 Å². The van der Waals surface area contributed by atoms with Crippen molar-refractivity contribution in [2.45, 2.75) is 44.8 Å². The number of ketones is 1. The van der Waals surface area contributed by atoms with Crippen LogP contribution in [0.2, 0.25) is 5.02 Å². The molecule has 1 saturated carbocycles. The number of rotatable bonds is 12. The van der Waals surface area contributed by atoms with Crippen molar-refractivity contribution in [2.24, 2.45) is 16.0 Å². The van der Waals surface area contributed by atoms with Gasteiger partial charge in [0.25, 0.3) is 0 Å². The summed E-state index contributed by atoms with van der Waals surface area (Å²) in [5.41, 5.74) is 3.67. The molecule has 12 heteroatoms. The summed E-state index contributed by atoms with van der Waals surface area (Å²) in [7, 11) is 0. The van der Waals surface area contributed by atoms with Crippen LogP contribution in [-0.4, -0.2) is 57.1 Å². The van der Waals surface area contributed by atoms with Gasteiger partial charge in [-0.2, -0.15) is 0 Å². The van der Waals surface area contributed by atoms with Gasteiger partial charge in [0, 0.05) is 34.6 Å². The average Bonchev–Trinajstić information content (AvgIpc) is 3.43. The maximum Gasteiger partial charge on any atom is 0.231 e. The Balaban J connectivity index is 1.51. The zero-order valence-electron chi connectivity index (χ0n) is 20.9. The van der Waals surface area contributed by atoms with Gasteiger partial charge in [-0.1, -0.05) is 17.7 Å². The molecular weight excluding hydrogens is 546 g/mol. The number of aryl methyl sites for hydroxylation is 1. The molecule has 0 radical (unpaired) electrons. The van der Waals surface area contributed by atoms with Crippen molar-refractivity contribution in [3.63, 3.8) is 0 Å². The summed E-state index contributed by atoms with van der Waals surface area (Å²) in [4.78, 5) is 27.6. The number of halogens is 1. The SMILES string of the molecule is C=NCCc1ccc(Cl)cc1Cc1cc(C(=O)c2cncnc2NC2CC(COS(N)=O)[C@@H](O)C2)sc1C. The van der Waals surface area contributed by atoms with Gasteiger partial charge in [-0.15, -0.1) is 11.3 Å². The molecule has 4 atom stereocenters. The normalized spacial score (nSPS) is 19.8. The van der Waals surface area contributed by atoms with E-state index in [9.17, 15) is 14.1 Å². The molecule has 0 aliphatic heterocycles. The predicted octanol–water partition coefficient (Wildman–Crippen LogP) is 3.67. The molecule has 202 valence electrons. The molecule has 2 heterocycles. The Hall–Kier alpha value is -2.54. The lowest BCUT2D eigenvalue weighted by Crippen LogP contribution is -2.21. The Kier molecular flexibility index (Phi) is 9.74. The van der Waals surface area contributed by atoms with Crippen molar-refractivity contribution >= 4 is 52.5 Å². The quantitative estimate of drug-likeness (QED) is 0.221. The van der Waals surface area contributed by atoms with Crippen molar-refractivity contribution in [2.75, 3.05) is 18.5 Å². The number of anilines is 1. The first-order valence-corrected chi connectivity index (χ1v) is 14.5. The van der Waals surface area contributed by atoms with Crippen molar-refractivity contribution in [3.05, 3.63) is 73.8 Å². The number of nitrogens with one attached hydrogen (secondary N) is 1. The maximum atomic E-state index is 13.6. The number of hydrogen-bond acceptors (Lipinski definition) is 9. The number of aromatic nitrogens is 2. The summed E-state index contributed by atoms with van der Waals surface area (Å²) < 4.78 is 16.0. The molecule has 1 aliphatic rings. The molecule has 9 nitrogen and oxygen atoms in total. The summed E-state index contributed by atoms with van der Waals surface area (Å²) in [6, 6.07) is 7.64. The second-order valence-corrected chi connectivity index (χ2v) is 11.7. The first-order valence-electron chi connectivity index (χ1n) is 12.1. The second kappa shape index (κ2) is 13.0. The van der Waals surface area contributed by atoms with E-state index in [0.717, 1.165) is 28.0 Å². The first kappa shape index (κ1) is 28.5. The van der Waals surface area contributed by atoms with Crippen LogP contribution in [0.4, 0.5) is 5.82 Å². The van der Waals surface area contributed by atoms with E-state index in [1.807, 2.05) is 31.2 Å². The fourth-order valence-corrected chi connectivity index (χ4v) is 6.21. The Bertz CT molecular complexity index is 1330. The van der Waals surface area contributed by atoms with Crippen LogP contribution in [0.3, 0.4) is 0 Å². The number of aliphatic hydroxyl groups is 1. The van der Waals surface area contributed by atoms with E-state index in [1.165, 1.54) is 23.9 Å². The molecule has 0 bridgehead atoms. The zero-order chi connectivity index (χ0) is 27.2. The number of aliphatic imine (C=N–C) groups is 1. The molecular formula is C26H30ClN5O4S2. The average molecular weight is 576 g/mol. The van der Waals surface area contributed by atoms with Gasteiger partial charge in [-0.3, -0.25) is 8.98 Å². The van der Waals surface area contributed by atoms with Gasteiger partial charge in [-0.25, -0.2) is 19.3 Å².